The van der Waals surface area contributed by atoms with Crippen LogP contribution in [0.25, 0.3) is 21.7 Å². The van der Waals surface area contributed by atoms with Crippen molar-refractivity contribution in [3.05, 3.63) is 46.3 Å². The normalized spacial score (nSPS) is 11.4. The van der Waals surface area contributed by atoms with Gasteiger partial charge in [0.1, 0.15) is 15.7 Å². The van der Waals surface area contributed by atoms with Crippen LogP contribution in [0.2, 0.25) is 5.15 Å². The molecule has 0 radical (unpaired) electrons. The first-order valence-electron chi connectivity index (χ1n) is 9.52. The van der Waals surface area contributed by atoms with E-state index in [1.807, 2.05) is 66.6 Å². The Bertz CT molecular complexity index is 1230. The first kappa shape index (κ1) is 25.6. The van der Waals surface area contributed by atoms with Crippen molar-refractivity contribution in [1.29, 1.82) is 0 Å². The fourth-order valence-corrected chi connectivity index (χ4v) is 6.38. The van der Waals surface area contributed by atoms with Crippen molar-refractivity contribution < 1.29 is 8.78 Å². The summed E-state index contributed by atoms with van der Waals surface area (Å²) in [6.07, 6.45) is -0.691. The van der Waals surface area contributed by atoms with Crippen LogP contribution in [0.15, 0.2) is 34.5 Å². The van der Waals surface area contributed by atoms with Crippen molar-refractivity contribution in [2.75, 3.05) is 11.6 Å². The molecule has 3 aromatic heterocycles. The molecule has 12 heteroatoms. The van der Waals surface area contributed by atoms with Gasteiger partial charge in [-0.1, -0.05) is 25.4 Å². The number of thiazole rings is 1. The van der Waals surface area contributed by atoms with Crippen LogP contribution in [0.4, 0.5) is 20.2 Å². The van der Waals surface area contributed by atoms with Crippen LogP contribution in [0, 0.1) is 6.92 Å². The Kier molecular flexibility index (Phi) is 9.08. The molecule has 0 bridgehead atoms. The molecule has 5 nitrogen and oxygen atoms in total. The topological polar surface area (TPSA) is 55.6 Å². The molecule has 0 amide bonds. The van der Waals surface area contributed by atoms with E-state index < -0.39 is 6.43 Å². The highest BCUT2D eigenvalue weighted by atomic mass is 127. The van der Waals surface area contributed by atoms with Crippen molar-refractivity contribution in [3.63, 3.8) is 0 Å². The molecule has 1 aromatic carbocycles. The minimum absolute atomic E-state index is 0.0278. The number of aromatic nitrogens is 4. The van der Waals surface area contributed by atoms with Crippen LogP contribution in [0.5, 0.6) is 0 Å². The molecular weight excluding hydrogens is 606 g/mol. The molecule has 0 aliphatic rings. The van der Waals surface area contributed by atoms with Gasteiger partial charge in [0.15, 0.2) is 11.5 Å². The molecule has 0 saturated carbocycles. The predicted molar refractivity (Wildman–Crippen MR) is 144 cm³/mol. The third-order valence-corrected chi connectivity index (χ3v) is 8.26. The molecule has 1 atom stereocenters. The number of thioether (sulfide) groups is 1. The lowest BCUT2D eigenvalue weighted by atomic mass is 10.2. The first-order valence-corrected chi connectivity index (χ1v) is 16.1. The van der Waals surface area contributed by atoms with Gasteiger partial charge in [0.2, 0.25) is 0 Å². The Labute approximate surface area is 213 Å². The second-order valence-electron chi connectivity index (χ2n) is 6.19. The Balaban J connectivity index is 0.00000141. The Morgan fingerprint density at radius 2 is 1.94 bits per heavy atom. The van der Waals surface area contributed by atoms with E-state index in [1.165, 1.54) is 4.34 Å². The fraction of sp³-hybridized carbons (Fsp3) is 0.250. The van der Waals surface area contributed by atoms with E-state index >= 15 is 0 Å². The number of imidazole rings is 1. The predicted octanol–water partition coefficient (Wildman–Crippen LogP) is 8.74. The molecule has 1 unspecified atom stereocenters. The number of halogens is 4. The van der Waals surface area contributed by atoms with Crippen molar-refractivity contribution in [2.24, 2.45) is 0 Å². The van der Waals surface area contributed by atoms with Gasteiger partial charge in [0.25, 0.3) is 6.43 Å². The summed E-state index contributed by atoms with van der Waals surface area (Å²) in [5.74, 6) is -0.310. The molecule has 32 heavy (non-hydrogen) atoms. The van der Waals surface area contributed by atoms with Crippen molar-refractivity contribution in [2.45, 2.75) is 32.1 Å². The van der Waals surface area contributed by atoms with E-state index in [0.29, 0.717) is 16.9 Å². The molecule has 0 aliphatic carbocycles. The zero-order valence-electron chi connectivity index (χ0n) is 17.6. The number of nitrogens with zero attached hydrogens (tertiary/aromatic N) is 4. The number of alkyl halides is 2. The maximum atomic E-state index is 13.5. The second kappa shape index (κ2) is 11.4. The molecule has 0 aliphatic heterocycles. The number of nitrogens with one attached hydrogen (secondary N) is 1. The molecule has 0 spiro atoms. The summed E-state index contributed by atoms with van der Waals surface area (Å²) in [5, 5.41) is 6.49. The van der Waals surface area contributed by atoms with Gasteiger partial charge in [-0.3, -0.25) is 4.34 Å². The Morgan fingerprint density at radius 1 is 1.19 bits per heavy atom. The number of rotatable bonds is 6. The zero-order valence-corrected chi connectivity index (χ0v) is 23.1. The Hall–Kier alpha value is -1.07. The van der Waals surface area contributed by atoms with Crippen LogP contribution < -0.4 is 5.32 Å². The number of anilines is 2. The average Bonchev–Trinajstić information content (AvgIpc) is 3.39. The second-order valence-corrected chi connectivity index (χ2v) is 10.3. The molecular formula is C20H20ClF2IN5PS2. The number of benzene rings is 1. The highest BCUT2D eigenvalue weighted by Crippen LogP contribution is 2.40. The van der Waals surface area contributed by atoms with Gasteiger partial charge in [-0.2, -0.15) is 0 Å². The minimum atomic E-state index is -2.70. The van der Waals surface area contributed by atoms with Crippen LogP contribution in [-0.2, 0) is 0 Å². The molecule has 1 N–H and O–H groups in total. The average molecular weight is 626 g/mol. The van der Waals surface area contributed by atoms with Crippen molar-refractivity contribution in [3.8, 4) is 10.6 Å². The molecule has 0 fully saturated rings. The monoisotopic (exact) mass is 625 g/mol. The molecule has 4 rings (SSSR count). The van der Waals surface area contributed by atoms with E-state index in [-0.39, 0.29) is 17.4 Å². The SMILES string of the molecule is CC.CSc1cc(-c2nc(C)cs2)ccc1Nc1cc(Cl)nc2c1nc(C(F)F)n2PI. The third kappa shape index (κ3) is 5.35. The fourth-order valence-electron chi connectivity index (χ4n) is 2.92. The van der Waals surface area contributed by atoms with Crippen molar-refractivity contribution >= 4 is 85.7 Å². The van der Waals surface area contributed by atoms with Gasteiger partial charge in [0, 0.05) is 27.6 Å². The highest BCUT2D eigenvalue weighted by molar-refractivity contribution is 14.2. The third-order valence-electron chi connectivity index (χ3n) is 4.23. The number of pyridine rings is 1. The molecule has 3 heterocycles. The van der Waals surface area contributed by atoms with E-state index in [4.69, 9.17) is 11.6 Å². The molecule has 170 valence electrons. The van der Waals surface area contributed by atoms with Gasteiger partial charge >= 0.3 is 0 Å². The van der Waals surface area contributed by atoms with E-state index in [0.717, 1.165) is 26.8 Å². The van der Waals surface area contributed by atoms with Crippen LogP contribution in [0.1, 0.15) is 31.8 Å². The Morgan fingerprint density at radius 3 is 2.53 bits per heavy atom. The number of fused-ring (bicyclic) bond motifs is 1. The molecule has 4 aromatic rings. The lowest BCUT2D eigenvalue weighted by Crippen LogP contribution is -1.96. The largest absolute Gasteiger partial charge is 0.353 e. The highest BCUT2D eigenvalue weighted by Gasteiger charge is 2.22. The number of hydrogen-bond acceptors (Lipinski definition) is 6. The maximum absolute atomic E-state index is 13.5. The maximum Gasteiger partial charge on any atom is 0.295 e. The van der Waals surface area contributed by atoms with Crippen molar-refractivity contribution in [1.82, 2.24) is 19.3 Å². The van der Waals surface area contributed by atoms with Gasteiger partial charge in [0.05, 0.1) is 17.7 Å². The van der Waals surface area contributed by atoms with E-state index in [1.54, 1.807) is 29.2 Å². The standard InChI is InChI=1S/C18H14ClF2IN5PS2.C2H6/c1-8-7-30-18(23-8)9-3-4-10(12(5-9)29-2)24-11-6-13(19)25-16-14(11)26-17(15(20)21)27(16)28-22;1-2/h3-7,15,28H,1-2H3,(H,24,25);1-2H3. The number of hydrogen-bond donors (Lipinski definition) is 1. The van der Waals surface area contributed by atoms with Gasteiger partial charge in [-0.05, 0) is 53.4 Å². The summed E-state index contributed by atoms with van der Waals surface area (Å²) < 4.78 is 28.3. The van der Waals surface area contributed by atoms with Crippen LogP contribution >= 0.6 is 63.1 Å². The molecule has 0 saturated heterocycles. The quantitative estimate of drug-likeness (QED) is 0.101. The smallest absolute Gasteiger partial charge is 0.295 e. The lowest BCUT2D eigenvalue weighted by Gasteiger charge is -2.13. The van der Waals surface area contributed by atoms with E-state index in [2.05, 4.69) is 26.3 Å². The van der Waals surface area contributed by atoms with Gasteiger partial charge < -0.3 is 5.32 Å². The van der Waals surface area contributed by atoms with Crippen LogP contribution in [0.3, 0.4) is 0 Å². The summed E-state index contributed by atoms with van der Waals surface area (Å²) in [4.78, 5) is 13.9. The summed E-state index contributed by atoms with van der Waals surface area (Å²) in [6, 6.07) is 7.59. The van der Waals surface area contributed by atoms with E-state index in [9.17, 15) is 8.78 Å². The van der Waals surface area contributed by atoms with Crippen LogP contribution in [-0.4, -0.2) is 25.5 Å². The lowest BCUT2D eigenvalue weighted by molar-refractivity contribution is 0.140. The minimum Gasteiger partial charge on any atom is -0.353 e. The summed E-state index contributed by atoms with van der Waals surface area (Å²) in [7, 11) is 0. The zero-order chi connectivity index (χ0) is 23.4. The number of aryl methyl sites for hydroxylation is 1. The van der Waals surface area contributed by atoms with Gasteiger partial charge in [-0.25, -0.2) is 23.7 Å². The first-order chi connectivity index (χ1) is 15.4. The summed E-state index contributed by atoms with van der Waals surface area (Å²) >= 11 is 11.4. The van der Waals surface area contributed by atoms with Gasteiger partial charge in [-0.15, -0.1) is 23.1 Å². The summed E-state index contributed by atoms with van der Waals surface area (Å²) in [6.45, 7) is 5.97. The summed E-state index contributed by atoms with van der Waals surface area (Å²) in [5.41, 5.74) is 4.08.